The fourth-order valence-corrected chi connectivity index (χ4v) is 3.19. The summed E-state index contributed by atoms with van der Waals surface area (Å²) in [6, 6.07) is 7.44. The predicted molar refractivity (Wildman–Crippen MR) is 90.5 cm³/mol. The van der Waals surface area contributed by atoms with Gasteiger partial charge in [0.2, 0.25) is 0 Å². The molecule has 6 heteroatoms. The molecule has 1 heterocycles. The zero-order valence-corrected chi connectivity index (χ0v) is 14.2. The molecule has 0 aliphatic rings. The standard InChI is InChI=1S/C16H19ClN2O2S/c1-10(6-7-20)9-18-15(21)14-11(2)19-16(22-14)12-4-3-5-13(17)8-12/h3-5,8,10,20H,6-7,9H2,1-2H3,(H,18,21). The molecule has 4 nitrogen and oxygen atoms in total. The molecule has 0 spiro atoms. The molecule has 0 aliphatic carbocycles. The van der Waals surface area contributed by atoms with E-state index in [1.165, 1.54) is 11.3 Å². The largest absolute Gasteiger partial charge is 0.396 e. The van der Waals surface area contributed by atoms with Crippen LogP contribution < -0.4 is 5.32 Å². The number of hydrogen-bond donors (Lipinski definition) is 2. The van der Waals surface area contributed by atoms with Crippen LogP contribution >= 0.6 is 22.9 Å². The van der Waals surface area contributed by atoms with E-state index in [4.69, 9.17) is 16.7 Å². The summed E-state index contributed by atoms with van der Waals surface area (Å²) in [6.07, 6.45) is 0.676. The fourth-order valence-electron chi connectivity index (χ4n) is 2.02. The number of thiazole rings is 1. The topological polar surface area (TPSA) is 62.2 Å². The van der Waals surface area contributed by atoms with Crippen LogP contribution in [0.15, 0.2) is 24.3 Å². The smallest absolute Gasteiger partial charge is 0.263 e. The molecule has 1 aromatic carbocycles. The molecule has 0 bridgehead atoms. The van der Waals surface area contributed by atoms with Gasteiger partial charge in [-0.15, -0.1) is 11.3 Å². The lowest BCUT2D eigenvalue weighted by molar-refractivity contribution is 0.0948. The van der Waals surface area contributed by atoms with Crippen molar-refractivity contribution in [2.75, 3.05) is 13.2 Å². The Morgan fingerprint density at radius 2 is 2.27 bits per heavy atom. The average molecular weight is 339 g/mol. The summed E-state index contributed by atoms with van der Waals surface area (Å²) in [5, 5.41) is 13.2. The van der Waals surface area contributed by atoms with Gasteiger partial charge in [-0.3, -0.25) is 4.79 Å². The van der Waals surface area contributed by atoms with E-state index in [0.29, 0.717) is 28.6 Å². The number of benzene rings is 1. The first-order valence-electron chi connectivity index (χ1n) is 7.13. The number of hydrogen-bond acceptors (Lipinski definition) is 4. The molecule has 0 aliphatic heterocycles. The van der Waals surface area contributed by atoms with Crippen molar-refractivity contribution in [3.05, 3.63) is 39.9 Å². The molecular weight excluding hydrogens is 320 g/mol. The van der Waals surface area contributed by atoms with Crippen LogP contribution in [0.4, 0.5) is 0 Å². The number of amides is 1. The summed E-state index contributed by atoms with van der Waals surface area (Å²) in [5.41, 5.74) is 1.63. The number of halogens is 1. The highest BCUT2D eigenvalue weighted by Crippen LogP contribution is 2.29. The number of nitrogens with one attached hydrogen (secondary N) is 1. The van der Waals surface area contributed by atoms with Crippen molar-refractivity contribution < 1.29 is 9.90 Å². The number of carbonyl (C=O) groups excluding carboxylic acids is 1. The maximum atomic E-state index is 12.3. The van der Waals surface area contributed by atoms with Gasteiger partial charge in [-0.2, -0.15) is 0 Å². The lowest BCUT2D eigenvalue weighted by Crippen LogP contribution is -2.28. The Bertz CT molecular complexity index is 657. The number of aliphatic hydroxyl groups excluding tert-OH is 1. The molecule has 1 amide bonds. The van der Waals surface area contributed by atoms with E-state index in [9.17, 15) is 4.79 Å². The third-order valence-corrected chi connectivity index (χ3v) is 4.75. The Labute approximate surface area is 139 Å². The molecule has 2 rings (SSSR count). The summed E-state index contributed by atoms with van der Waals surface area (Å²) in [5.74, 6) is 0.127. The normalized spacial score (nSPS) is 12.2. The van der Waals surface area contributed by atoms with Crippen LogP contribution in [0.25, 0.3) is 10.6 Å². The SMILES string of the molecule is Cc1nc(-c2cccc(Cl)c2)sc1C(=O)NCC(C)CCO. The van der Waals surface area contributed by atoms with Crippen molar-refractivity contribution in [2.45, 2.75) is 20.3 Å². The second-order valence-electron chi connectivity index (χ2n) is 5.27. The molecular formula is C16H19ClN2O2S. The van der Waals surface area contributed by atoms with Gasteiger partial charge in [0.15, 0.2) is 0 Å². The average Bonchev–Trinajstić information content (AvgIpc) is 2.87. The lowest BCUT2D eigenvalue weighted by Gasteiger charge is -2.10. The van der Waals surface area contributed by atoms with Crippen LogP contribution in [-0.2, 0) is 0 Å². The zero-order chi connectivity index (χ0) is 16.1. The second-order valence-corrected chi connectivity index (χ2v) is 6.71. The molecule has 22 heavy (non-hydrogen) atoms. The first-order valence-corrected chi connectivity index (χ1v) is 8.33. The zero-order valence-electron chi connectivity index (χ0n) is 12.6. The van der Waals surface area contributed by atoms with Gasteiger partial charge in [-0.1, -0.05) is 30.7 Å². The molecule has 2 N–H and O–H groups in total. The predicted octanol–water partition coefficient (Wildman–Crippen LogP) is 3.52. The summed E-state index contributed by atoms with van der Waals surface area (Å²) in [4.78, 5) is 17.3. The van der Waals surface area contributed by atoms with Gasteiger partial charge in [0.05, 0.1) is 5.69 Å². The van der Waals surface area contributed by atoms with E-state index in [1.54, 1.807) is 0 Å². The van der Waals surface area contributed by atoms with Crippen molar-refractivity contribution in [3.63, 3.8) is 0 Å². The molecule has 1 atom stereocenters. The van der Waals surface area contributed by atoms with E-state index in [1.807, 2.05) is 38.1 Å². The van der Waals surface area contributed by atoms with E-state index in [2.05, 4.69) is 10.3 Å². The highest BCUT2D eigenvalue weighted by molar-refractivity contribution is 7.17. The molecule has 2 aromatic rings. The highest BCUT2D eigenvalue weighted by atomic mass is 35.5. The van der Waals surface area contributed by atoms with E-state index >= 15 is 0 Å². The van der Waals surface area contributed by atoms with Gasteiger partial charge < -0.3 is 10.4 Å². The number of aromatic nitrogens is 1. The summed E-state index contributed by atoms with van der Waals surface area (Å²) in [6.45, 7) is 4.50. The van der Waals surface area contributed by atoms with Gasteiger partial charge in [-0.05, 0) is 31.4 Å². The number of aliphatic hydroxyl groups is 1. The van der Waals surface area contributed by atoms with Crippen molar-refractivity contribution in [2.24, 2.45) is 5.92 Å². The fraction of sp³-hybridized carbons (Fsp3) is 0.375. The minimum atomic E-state index is -0.118. The van der Waals surface area contributed by atoms with Crippen molar-refractivity contribution in [3.8, 4) is 10.6 Å². The Morgan fingerprint density at radius 1 is 1.50 bits per heavy atom. The van der Waals surface area contributed by atoms with Crippen LogP contribution in [0.2, 0.25) is 5.02 Å². The summed E-state index contributed by atoms with van der Waals surface area (Å²) in [7, 11) is 0. The van der Waals surface area contributed by atoms with Gasteiger partial charge in [0.25, 0.3) is 5.91 Å². The number of rotatable bonds is 6. The maximum Gasteiger partial charge on any atom is 0.263 e. The molecule has 118 valence electrons. The first kappa shape index (κ1) is 16.9. The van der Waals surface area contributed by atoms with Crippen molar-refractivity contribution >= 4 is 28.8 Å². The third kappa shape index (κ3) is 4.29. The van der Waals surface area contributed by atoms with Crippen LogP contribution in [0.5, 0.6) is 0 Å². The van der Waals surface area contributed by atoms with E-state index < -0.39 is 0 Å². The number of nitrogens with zero attached hydrogens (tertiary/aromatic N) is 1. The van der Waals surface area contributed by atoms with Crippen LogP contribution in [-0.4, -0.2) is 29.1 Å². The van der Waals surface area contributed by atoms with Crippen LogP contribution in [0.3, 0.4) is 0 Å². The second kappa shape index (κ2) is 7.72. The minimum absolute atomic E-state index is 0.118. The van der Waals surface area contributed by atoms with Gasteiger partial charge in [-0.25, -0.2) is 4.98 Å². The van der Waals surface area contributed by atoms with Gasteiger partial charge in [0, 0.05) is 23.7 Å². The lowest BCUT2D eigenvalue weighted by atomic mass is 10.1. The Morgan fingerprint density at radius 3 is 2.95 bits per heavy atom. The first-order chi connectivity index (χ1) is 10.5. The van der Waals surface area contributed by atoms with Crippen LogP contribution in [0, 0.1) is 12.8 Å². The van der Waals surface area contributed by atoms with Gasteiger partial charge >= 0.3 is 0 Å². The quantitative estimate of drug-likeness (QED) is 0.847. The molecule has 0 saturated carbocycles. The number of aryl methyl sites for hydroxylation is 1. The number of carbonyl (C=O) groups is 1. The van der Waals surface area contributed by atoms with Crippen molar-refractivity contribution in [1.29, 1.82) is 0 Å². The molecule has 0 fully saturated rings. The Hall–Kier alpha value is -1.43. The van der Waals surface area contributed by atoms with E-state index in [-0.39, 0.29) is 18.4 Å². The van der Waals surface area contributed by atoms with Gasteiger partial charge in [0.1, 0.15) is 9.88 Å². The monoisotopic (exact) mass is 338 g/mol. The van der Waals surface area contributed by atoms with E-state index in [0.717, 1.165) is 10.6 Å². The molecule has 1 aromatic heterocycles. The maximum absolute atomic E-state index is 12.3. The van der Waals surface area contributed by atoms with Crippen LogP contribution in [0.1, 0.15) is 28.7 Å². The minimum Gasteiger partial charge on any atom is -0.396 e. The third-order valence-electron chi connectivity index (χ3n) is 3.31. The molecule has 0 saturated heterocycles. The summed E-state index contributed by atoms with van der Waals surface area (Å²) >= 11 is 7.36. The molecule has 1 unspecified atom stereocenters. The highest BCUT2D eigenvalue weighted by Gasteiger charge is 2.16. The Kier molecular flexibility index (Phi) is 5.94. The Balaban J connectivity index is 2.11. The summed E-state index contributed by atoms with van der Waals surface area (Å²) < 4.78 is 0. The van der Waals surface area contributed by atoms with Crippen molar-refractivity contribution in [1.82, 2.24) is 10.3 Å². The molecule has 0 radical (unpaired) electrons.